The number of fused-ring (bicyclic) bond motifs is 1. The minimum Gasteiger partial charge on any atom is -0.493 e. The zero-order chi connectivity index (χ0) is 21.9. The summed E-state index contributed by atoms with van der Waals surface area (Å²) in [5.41, 5.74) is 2.89. The highest BCUT2D eigenvalue weighted by atomic mass is 16.5. The largest absolute Gasteiger partial charge is 0.493 e. The van der Waals surface area contributed by atoms with Crippen LogP contribution in [0.3, 0.4) is 0 Å². The number of benzene rings is 1. The van der Waals surface area contributed by atoms with E-state index in [1.807, 2.05) is 42.3 Å². The van der Waals surface area contributed by atoms with Crippen molar-refractivity contribution in [3.05, 3.63) is 47.3 Å². The van der Waals surface area contributed by atoms with Crippen molar-refractivity contribution < 1.29 is 9.53 Å². The molecule has 32 heavy (non-hydrogen) atoms. The number of hydrogen-bond donors (Lipinski definition) is 0. The summed E-state index contributed by atoms with van der Waals surface area (Å²) in [6.07, 6.45) is 7.63. The Hall–Kier alpha value is -2.67. The third-order valence-corrected chi connectivity index (χ3v) is 7.10. The molecule has 0 radical (unpaired) electrons. The molecule has 2 fully saturated rings. The Morgan fingerprint density at radius 1 is 1.06 bits per heavy atom. The summed E-state index contributed by atoms with van der Waals surface area (Å²) in [5, 5.41) is 0. The molecule has 7 heteroatoms. The average Bonchev–Trinajstić information content (AvgIpc) is 3.01. The Labute approximate surface area is 190 Å². The van der Waals surface area contributed by atoms with E-state index in [9.17, 15) is 4.79 Å². The molecule has 0 atom stereocenters. The van der Waals surface area contributed by atoms with E-state index in [1.54, 1.807) is 0 Å². The number of piperazine rings is 1. The monoisotopic (exact) mass is 435 g/mol. The Morgan fingerprint density at radius 2 is 1.84 bits per heavy atom. The first-order valence-corrected chi connectivity index (χ1v) is 12.1. The van der Waals surface area contributed by atoms with E-state index in [0.717, 1.165) is 62.3 Å². The van der Waals surface area contributed by atoms with Crippen molar-refractivity contribution in [3.63, 3.8) is 0 Å². The average molecular weight is 436 g/mol. The van der Waals surface area contributed by atoms with Gasteiger partial charge in [-0.05, 0) is 43.9 Å². The molecule has 3 aliphatic rings. The molecule has 1 aromatic heterocycles. The lowest BCUT2D eigenvalue weighted by atomic mass is 9.91. The number of carbonyl (C=O) groups excluding carboxylic acids is 1. The number of amides is 1. The van der Waals surface area contributed by atoms with Crippen LogP contribution in [0.4, 0.5) is 5.95 Å². The standard InChI is InChI=1S/C25H33N5O2/c1-2-32-23-9-4-3-8-21(23)24(31)29-12-10-19-18-26-25(27-22(19)11-13-29)30-16-14-28(15-17-30)20-6-5-7-20/h3-4,8-9,18,20H,2,5-7,10-17H2,1H3. The van der Waals surface area contributed by atoms with Crippen LogP contribution in [0.1, 0.15) is 47.8 Å². The van der Waals surface area contributed by atoms with Crippen molar-refractivity contribution in [2.24, 2.45) is 0 Å². The van der Waals surface area contributed by atoms with E-state index in [4.69, 9.17) is 14.7 Å². The molecule has 0 spiro atoms. The lowest BCUT2D eigenvalue weighted by molar-refractivity contribution is 0.0758. The molecular formula is C25H33N5O2. The smallest absolute Gasteiger partial charge is 0.257 e. The Kier molecular flexibility index (Phi) is 6.26. The van der Waals surface area contributed by atoms with E-state index in [-0.39, 0.29) is 5.91 Å². The number of hydrogen-bond acceptors (Lipinski definition) is 6. The second-order valence-electron chi connectivity index (χ2n) is 8.97. The molecule has 5 rings (SSSR count). The van der Waals surface area contributed by atoms with Gasteiger partial charge in [0.15, 0.2) is 0 Å². The molecule has 0 N–H and O–H groups in total. The topological polar surface area (TPSA) is 61.8 Å². The summed E-state index contributed by atoms with van der Waals surface area (Å²) in [6.45, 7) is 8.02. The van der Waals surface area contributed by atoms with Crippen molar-refractivity contribution in [1.82, 2.24) is 19.8 Å². The van der Waals surface area contributed by atoms with Crippen molar-refractivity contribution in [3.8, 4) is 5.75 Å². The van der Waals surface area contributed by atoms with Gasteiger partial charge in [0, 0.05) is 57.9 Å². The first-order valence-electron chi connectivity index (χ1n) is 12.1. The van der Waals surface area contributed by atoms with E-state index in [1.165, 1.54) is 19.3 Å². The zero-order valence-electron chi connectivity index (χ0n) is 19.0. The van der Waals surface area contributed by atoms with Gasteiger partial charge in [-0.1, -0.05) is 18.6 Å². The van der Waals surface area contributed by atoms with E-state index < -0.39 is 0 Å². The molecule has 7 nitrogen and oxygen atoms in total. The molecule has 1 saturated heterocycles. The summed E-state index contributed by atoms with van der Waals surface area (Å²) >= 11 is 0. The lowest BCUT2D eigenvalue weighted by Gasteiger charge is -2.43. The fourth-order valence-corrected chi connectivity index (χ4v) is 4.95. The van der Waals surface area contributed by atoms with E-state index in [0.29, 0.717) is 31.0 Å². The van der Waals surface area contributed by atoms with Crippen LogP contribution in [0.15, 0.2) is 30.5 Å². The maximum absolute atomic E-state index is 13.2. The summed E-state index contributed by atoms with van der Waals surface area (Å²) in [6, 6.07) is 8.33. The lowest BCUT2D eigenvalue weighted by Crippen LogP contribution is -2.52. The fourth-order valence-electron chi connectivity index (χ4n) is 4.95. The van der Waals surface area contributed by atoms with Gasteiger partial charge in [-0.15, -0.1) is 0 Å². The Morgan fingerprint density at radius 3 is 2.59 bits per heavy atom. The minimum atomic E-state index is 0.0298. The Bertz CT molecular complexity index is 953. The van der Waals surface area contributed by atoms with Crippen LogP contribution in [-0.4, -0.2) is 77.6 Å². The molecule has 3 heterocycles. The molecule has 1 aromatic carbocycles. The SMILES string of the molecule is CCOc1ccccc1C(=O)N1CCc2cnc(N3CCN(C4CCC4)CC3)nc2CC1. The van der Waals surface area contributed by atoms with Crippen LogP contribution in [0.25, 0.3) is 0 Å². The molecule has 1 aliphatic carbocycles. The van der Waals surface area contributed by atoms with Crippen molar-refractivity contribution >= 4 is 11.9 Å². The van der Waals surface area contributed by atoms with Gasteiger partial charge in [-0.3, -0.25) is 9.69 Å². The summed E-state index contributed by atoms with van der Waals surface area (Å²) in [4.78, 5) is 29.8. The van der Waals surface area contributed by atoms with Gasteiger partial charge in [0.2, 0.25) is 5.95 Å². The molecular weight excluding hydrogens is 402 g/mol. The third kappa shape index (κ3) is 4.31. The first kappa shape index (κ1) is 21.2. The van der Waals surface area contributed by atoms with Crippen molar-refractivity contribution in [1.29, 1.82) is 0 Å². The predicted molar refractivity (Wildman–Crippen MR) is 124 cm³/mol. The summed E-state index contributed by atoms with van der Waals surface area (Å²) < 4.78 is 5.68. The maximum Gasteiger partial charge on any atom is 0.257 e. The first-order chi connectivity index (χ1) is 15.7. The number of nitrogens with zero attached hydrogens (tertiary/aromatic N) is 5. The number of aromatic nitrogens is 2. The highest BCUT2D eigenvalue weighted by Gasteiger charge is 2.29. The fraction of sp³-hybridized carbons (Fsp3) is 0.560. The minimum absolute atomic E-state index is 0.0298. The van der Waals surface area contributed by atoms with Gasteiger partial charge < -0.3 is 14.5 Å². The van der Waals surface area contributed by atoms with E-state index in [2.05, 4.69) is 9.80 Å². The third-order valence-electron chi connectivity index (χ3n) is 7.10. The molecule has 0 unspecified atom stereocenters. The zero-order valence-corrected chi connectivity index (χ0v) is 19.0. The van der Waals surface area contributed by atoms with Gasteiger partial charge in [-0.2, -0.15) is 0 Å². The second-order valence-corrected chi connectivity index (χ2v) is 8.97. The van der Waals surface area contributed by atoms with Crippen LogP contribution in [0.5, 0.6) is 5.75 Å². The number of rotatable bonds is 5. The Balaban J connectivity index is 1.24. The number of para-hydroxylation sites is 1. The normalized spacial score (nSPS) is 19.8. The van der Waals surface area contributed by atoms with Crippen molar-refractivity contribution in [2.45, 2.75) is 45.1 Å². The number of anilines is 1. The quantitative estimate of drug-likeness (QED) is 0.720. The van der Waals surface area contributed by atoms with Gasteiger partial charge in [0.1, 0.15) is 5.75 Å². The molecule has 1 saturated carbocycles. The van der Waals surface area contributed by atoms with Crippen LogP contribution < -0.4 is 9.64 Å². The van der Waals surface area contributed by atoms with Gasteiger partial charge in [0.25, 0.3) is 5.91 Å². The summed E-state index contributed by atoms with van der Waals surface area (Å²) in [5.74, 6) is 1.53. The highest BCUT2D eigenvalue weighted by molar-refractivity contribution is 5.97. The number of ether oxygens (including phenoxy) is 1. The highest BCUT2D eigenvalue weighted by Crippen LogP contribution is 2.27. The number of carbonyl (C=O) groups is 1. The van der Waals surface area contributed by atoms with Crippen molar-refractivity contribution in [2.75, 3.05) is 50.8 Å². The van der Waals surface area contributed by atoms with Crippen LogP contribution in [0, 0.1) is 0 Å². The predicted octanol–water partition coefficient (Wildman–Crippen LogP) is 2.79. The molecule has 2 aliphatic heterocycles. The maximum atomic E-state index is 13.2. The molecule has 0 bridgehead atoms. The van der Waals surface area contributed by atoms with Gasteiger partial charge >= 0.3 is 0 Å². The van der Waals surface area contributed by atoms with Gasteiger partial charge in [0.05, 0.1) is 17.9 Å². The van der Waals surface area contributed by atoms with E-state index >= 15 is 0 Å². The summed E-state index contributed by atoms with van der Waals surface area (Å²) in [7, 11) is 0. The van der Waals surface area contributed by atoms with Crippen LogP contribution in [0.2, 0.25) is 0 Å². The molecule has 1 amide bonds. The van der Waals surface area contributed by atoms with Crippen LogP contribution in [-0.2, 0) is 12.8 Å². The molecule has 2 aromatic rings. The van der Waals surface area contributed by atoms with Crippen LogP contribution >= 0.6 is 0 Å². The second kappa shape index (κ2) is 9.45. The van der Waals surface area contributed by atoms with Gasteiger partial charge in [-0.25, -0.2) is 9.97 Å². The molecule has 170 valence electrons.